The summed E-state index contributed by atoms with van der Waals surface area (Å²) >= 11 is 2.97. The molecule has 16 heavy (non-hydrogen) atoms. The molecular formula is C9H8BrF2NO3. The van der Waals surface area contributed by atoms with E-state index in [2.05, 4.69) is 25.7 Å². The van der Waals surface area contributed by atoms with Gasteiger partial charge in [0, 0.05) is 17.2 Å². The lowest BCUT2D eigenvalue weighted by molar-refractivity contribution is 0.0598. The zero-order chi connectivity index (χ0) is 12.3. The van der Waals surface area contributed by atoms with Gasteiger partial charge in [0.2, 0.25) is 5.43 Å². The van der Waals surface area contributed by atoms with Crippen molar-refractivity contribution in [2.45, 2.75) is 11.8 Å². The van der Waals surface area contributed by atoms with Crippen molar-refractivity contribution >= 4 is 21.9 Å². The van der Waals surface area contributed by atoms with E-state index < -0.39 is 29.0 Å². The minimum Gasteiger partial charge on any atom is -0.465 e. The molecule has 4 nitrogen and oxygen atoms in total. The molecule has 0 aromatic carbocycles. The van der Waals surface area contributed by atoms with Gasteiger partial charge in [-0.25, -0.2) is 13.6 Å². The van der Waals surface area contributed by atoms with Crippen LogP contribution in [-0.2, 0) is 10.1 Å². The second kappa shape index (κ2) is 5.20. The molecule has 0 radical (unpaired) electrons. The maximum absolute atomic E-state index is 12.6. The Hall–Kier alpha value is -1.24. The van der Waals surface area contributed by atoms with Crippen LogP contribution in [-0.4, -0.2) is 18.1 Å². The molecular weight excluding hydrogens is 288 g/mol. The van der Waals surface area contributed by atoms with Crippen LogP contribution in [0.4, 0.5) is 8.78 Å². The number of aromatic nitrogens is 1. The number of hydrogen-bond acceptors (Lipinski definition) is 3. The first kappa shape index (κ1) is 12.8. The SMILES string of the molecule is COC(=O)c1c[nH]c(CBr)c(C(F)F)c1=O. The largest absolute Gasteiger partial charge is 0.465 e. The maximum atomic E-state index is 12.6. The second-order valence-electron chi connectivity index (χ2n) is 2.85. The number of alkyl halides is 3. The lowest BCUT2D eigenvalue weighted by Gasteiger charge is -2.07. The second-order valence-corrected chi connectivity index (χ2v) is 3.41. The highest BCUT2D eigenvalue weighted by atomic mass is 79.9. The van der Waals surface area contributed by atoms with Gasteiger partial charge in [0.15, 0.2) is 0 Å². The average Bonchev–Trinajstić information content (AvgIpc) is 2.26. The summed E-state index contributed by atoms with van der Waals surface area (Å²) in [5.41, 5.74) is -2.09. The Kier molecular flexibility index (Phi) is 4.17. The third-order valence-corrected chi connectivity index (χ3v) is 2.52. The summed E-state index contributed by atoms with van der Waals surface area (Å²) in [5, 5.41) is 0.0728. The van der Waals surface area contributed by atoms with Crippen molar-refractivity contribution < 1.29 is 18.3 Å². The molecule has 1 N–H and O–H groups in total. The molecule has 88 valence electrons. The molecule has 1 aromatic heterocycles. The number of aromatic amines is 1. The summed E-state index contributed by atoms with van der Waals surface area (Å²) in [4.78, 5) is 25.1. The molecule has 0 aliphatic carbocycles. The number of nitrogens with one attached hydrogen (secondary N) is 1. The predicted octanol–water partition coefficient (Wildman–Crippen LogP) is 1.99. The van der Waals surface area contributed by atoms with Gasteiger partial charge in [0.25, 0.3) is 6.43 Å². The van der Waals surface area contributed by atoms with E-state index in [9.17, 15) is 18.4 Å². The molecule has 0 saturated carbocycles. The van der Waals surface area contributed by atoms with Crippen LogP contribution in [0.15, 0.2) is 11.0 Å². The summed E-state index contributed by atoms with van der Waals surface area (Å²) in [7, 11) is 1.07. The number of ether oxygens (including phenoxy) is 1. The molecule has 0 atom stereocenters. The van der Waals surface area contributed by atoms with Crippen LogP contribution in [0.2, 0.25) is 0 Å². The van der Waals surface area contributed by atoms with Crippen LogP contribution in [0.25, 0.3) is 0 Å². The number of pyridine rings is 1. The molecule has 0 unspecified atom stereocenters. The summed E-state index contributed by atoms with van der Waals surface area (Å²) in [5.74, 6) is -0.940. The number of carbonyl (C=O) groups excluding carboxylic acids is 1. The van der Waals surface area contributed by atoms with E-state index in [1.165, 1.54) is 0 Å². The summed E-state index contributed by atoms with van der Waals surface area (Å²) in [6.45, 7) is 0. The number of carbonyl (C=O) groups is 1. The summed E-state index contributed by atoms with van der Waals surface area (Å²) in [6, 6.07) is 0. The standard InChI is InChI=1S/C9H8BrF2NO3/c1-16-9(15)4-3-13-5(2-10)6(7(4)14)8(11)12/h3,8H,2H2,1H3,(H,13,14). The third-order valence-electron chi connectivity index (χ3n) is 1.96. The first-order valence-corrected chi connectivity index (χ1v) is 5.32. The fourth-order valence-electron chi connectivity index (χ4n) is 1.19. The van der Waals surface area contributed by atoms with Crippen molar-refractivity contribution in [1.82, 2.24) is 4.98 Å². The minimum absolute atomic E-state index is 0.0488. The Morgan fingerprint density at radius 2 is 2.25 bits per heavy atom. The van der Waals surface area contributed by atoms with E-state index in [0.717, 1.165) is 13.3 Å². The van der Waals surface area contributed by atoms with Crippen LogP contribution < -0.4 is 5.43 Å². The van der Waals surface area contributed by atoms with Crippen molar-refractivity contribution in [3.8, 4) is 0 Å². The lowest BCUT2D eigenvalue weighted by Crippen LogP contribution is -2.22. The zero-order valence-corrected chi connectivity index (χ0v) is 9.81. The van der Waals surface area contributed by atoms with Gasteiger partial charge in [-0.05, 0) is 0 Å². The number of hydrogen-bond donors (Lipinski definition) is 1. The molecule has 0 amide bonds. The first-order chi connectivity index (χ1) is 7.52. The highest BCUT2D eigenvalue weighted by Gasteiger charge is 2.22. The van der Waals surface area contributed by atoms with Crippen LogP contribution in [0, 0.1) is 0 Å². The van der Waals surface area contributed by atoms with Crippen LogP contribution in [0.3, 0.4) is 0 Å². The van der Waals surface area contributed by atoms with E-state index in [0.29, 0.717) is 0 Å². The first-order valence-electron chi connectivity index (χ1n) is 4.19. The maximum Gasteiger partial charge on any atom is 0.343 e. The van der Waals surface area contributed by atoms with Gasteiger partial charge in [-0.2, -0.15) is 0 Å². The Bertz CT molecular complexity index is 459. The molecule has 0 fully saturated rings. The van der Waals surface area contributed by atoms with E-state index in [1.54, 1.807) is 0 Å². The Morgan fingerprint density at radius 1 is 1.62 bits per heavy atom. The van der Waals surface area contributed by atoms with Crippen LogP contribution in [0.5, 0.6) is 0 Å². The topological polar surface area (TPSA) is 59.2 Å². The molecule has 0 saturated heterocycles. The lowest BCUT2D eigenvalue weighted by atomic mass is 10.1. The van der Waals surface area contributed by atoms with Gasteiger partial charge < -0.3 is 9.72 Å². The van der Waals surface area contributed by atoms with Crippen LogP contribution in [0.1, 0.15) is 28.0 Å². The van der Waals surface area contributed by atoms with E-state index in [-0.39, 0.29) is 11.0 Å². The molecule has 1 rings (SSSR count). The van der Waals surface area contributed by atoms with Gasteiger partial charge in [-0.3, -0.25) is 4.79 Å². The van der Waals surface area contributed by atoms with Gasteiger partial charge in [-0.1, -0.05) is 15.9 Å². The number of H-pyrrole nitrogens is 1. The van der Waals surface area contributed by atoms with Crippen molar-refractivity contribution in [2.75, 3.05) is 7.11 Å². The molecule has 7 heteroatoms. The highest BCUT2D eigenvalue weighted by molar-refractivity contribution is 9.08. The number of halogens is 3. The van der Waals surface area contributed by atoms with E-state index in [1.807, 2.05) is 0 Å². The van der Waals surface area contributed by atoms with Gasteiger partial charge >= 0.3 is 5.97 Å². The van der Waals surface area contributed by atoms with Gasteiger partial charge in [0.05, 0.1) is 12.7 Å². The molecule has 1 heterocycles. The third kappa shape index (κ3) is 2.29. The summed E-state index contributed by atoms with van der Waals surface area (Å²) in [6.07, 6.45) is -1.88. The van der Waals surface area contributed by atoms with Crippen molar-refractivity contribution in [3.05, 3.63) is 33.2 Å². The number of rotatable bonds is 3. The average molecular weight is 296 g/mol. The van der Waals surface area contributed by atoms with E-state index in [4.69, 9.17) is 0 Å². The van der Waals surface area contributed by atoms with Crippen LogP contribution >= 0.6 is 15.9 Å². The molecule has 1 aromatic rings. The fourth-order valence-corrected chi connectivity index (χ4v) is 1.65. The molecule has 0 aliphatic rings. The van der Waals surface area contributed by atoms with Crippen molar-refractivity contribution in [3.63, 3.8) is 0 Å². The van der Waals surface area contributed by atoms with Crippen molar-refractivity contribution in [1.29, 1.82) is 0 Å². The highest BCUT2D eigenvalue weighted by Crippen LogP contribution is 2.20. The molecule has 0 bridgehead atoms. The Morgan fingerprint density at radius 3 is 2.69 bits per heavy atom. The normalized spacial score (nSPS) is 10.6. The smallest absolute Gasteiger partial charge is 0.343 e. The Labute approximate surface area is 97.7 Å². The summed E-state index contributed by atoms with van der Waals surface area (Å²) < 4.78 is 29.6. The zero-order valence-electron chi connectivity index (χ0n) is 8.22. The molecule has 0 aliphatic heterocycles. The predicted molar refractivity (Wildman–Crippen MR) is 56.0 cm³/mol. The van der Waals surface area contributed by atoms with Crippen molar-refractivity contribution in [2.24, 2.45) is 0 Å². The fraction of sp³-hybridized carbons (Fsp3) is 0.333. The number of esters is 1. The number of methoxy groups -OCH3 is 1. The minimum atomic E-state index is -2.94. The molecule has 0 spiro atoms. The van der Waals surface area contributed by atoms with Gasteiger partial charge in [0.1, 0.15) is 5.56 Å². The van der Waals surface area contributed by atoms with E-state index >= 15 is 0 Å². The Balaban J connectivity index is 3.44. The monoisotopic (exact) mass is 295 g/mol. The quantitative estimate of drug-likeness (QED) is 0.685. The van der Waals surface area contributed by atoms with Gasteiger partial charge in [-0.15, -0.1) is 0 Å².